The van der Waals surface area contributed by atoms with E-state index in [2.05, 4.69) is 26.6 Å². The topological polar surface area (TPSA) is 41.1 Å². The van der Waals surface area contributed by atoms with Crippen LogP contribution in [0.4, 0.5) is 4.39 Å². The maximum Gasteiger partial charge on any atom is 0.237 e. The number of hydrogen-bond donors (Lipinski definition) is 2. The number of benzene rings is 1. The number of halogens is 2. The largest absolute Gasteiger partial charge is 0.355 e. The molecule has 104 valence electrons. The van der Waals surface area contributed by atoms with Crippen LogP contribution in [0.15, 0.2) is 22.7 Å². The van der Waals surface area contributed by atoms with Crippen LogP contribution in [0.3, 0.4) is 0 Å². The molecule has 0 aromatic heterocycles. The van der Waals surface area contributed by atoms with Crippen LogP contribution in [0.5, 0.6) is 0 Å². The van der Waals surface area contributed by atoms with Gasteiger partial charge in [-0.2, -0.15) is 0 Å². The fraction of sp³-hybridized carbons (Fsp3) is 0.500. The third-order valence-electron chi connectivity index (χ3n) is 3.42. The van der Waals surface area contributed by atoms with E-state index in [0.717, 1.165) is 25.8 Å². The van der Waals surface area contributed by atoms with E-state index in [1.807, 2.05) is 13.0 Å². The standard InChI is InChI=1S/C14H18BrFN2O/c1-9(11-6-5-10(15)8-12(11)16)18-13-4-2-3-7-17-14(13)19/h5-6,8-9,13,18H,2-4,7H2,1H3,(H,17,19). The van der Waals surface area contributed by atoms with Gasteiger partial charge >= 0.3 is 0 Å². The van der Waals surface area contributed by atoms with Crippen molar-refractivity contribution in [2.45, 2.75) is 38.3 Å². The molecule has 1 heterocycles. The van der Waals surface area contributed by atoms with Crippen molar-refractivity contribution in [2.24, 2.45) is 0 Å². The Morgan fingerprint density at radius 2 is 2.26 bits per heavy atom. The third-order valence-corrected chi connectivity index (χ3v) is 3.91. The highest BCUT2D eigenvalue weighted by Crippen LogP contribution is 2.22. The molecule has 19 heavy (non-hydrogen) atoms. The molecule has 0 bridgehead atoms. The van der Waals surface area contributed by atoms with Gasteiger partial charge in [-0.1, -0.05) is 22.0 Å². The Kier molecular flexibility index (Phi) is 4.93. The lowest BCUT2D eigenvalue weighted by molar-refractivity contribution is -0.123. The zero-order valence-electron chi connectivity index (χ0n) is 10.9. The summed E-state index contributed by atoms with van der Waals surface area (Å²) in [4.78, 5) is 11.8. The monoisotopic (exact) mass is 328 g/mol. The van der Waals surface area contributed by atoms with Crippen LogP contribution >= 0.6 is 15.9 Å². The number of nitrogens with one attached hydrogen (secondary N) is 2. The lowest BCUT2D eigenvalue weighted by Crippen LogP contribution is -2.43. The minimum atomic E-state index is -0.261. The zero-order chi connectivity index (χ0) is 13.8. The number of carbonyl (C=O) groups is 1. The molecule has 0 radical (unpaired) electrons. The normalized spacial score (nSPS) is 21.6. The van der Waals surface area contributed by atoms with Crippen molar-refractivity contribution in [3.63, 3.8) is 0 Å². The van der Waals surface area contributed by atoms with Crippen molar-refractivity contribution in [3.8, 4) is 0 Å². The number of amides is 1. The molecule has 1 aromatic rings. The molecule has 1 aliphatic rings. The summed E-state index contributed by atoms with van der Waals surface area (Å²) in [6.45, 7) is 2.61. The highest BCUT2D eigenvalue weighted by molar-refractivity contribution is 9.10. The lowest BCUT2D eigenvalue weighted by atomic mass is 10.0. The van der Waals surface area contributed by atoms with Crippen molar-refractivity contribution in [1.82, 2.24) is 10.6 Å². The molecular formula is C14H18BrFN2O. The van der Waals surface area contributed by atoms with E-state index in [1.54, 1.807) is 6.07 Å². The van der Waals surface area contributed by atoms with Crippen molar-refractivity contribution in [1.29, 1.82) is 0 Å². The van der Waals surface area contributed by atoms with Gasteiger partial charge in [-0.05, 0) is 38.3 Å². The maximum atomic E-state index is 13.9. The first-order valence-corrected chi connectivity index (χ1v) is 7.36. The van der Waals surface area contributed by atoms with Gasteiger partial charge in [0.05, 0.1) is 6.04 Å². The Hall–Kier alpha value is -0.940. The van der Waals surface area contributed by atoms with Gasteiger partial charge in [0.2, 0.25) is 5.91 Å². The van der Waals surface area contributed by atoms with Gasteiger partial charge in [-0.3, -0.25) is 10.1 Å². The van der Waals surface area contributed by atoms with E-state index in [4.69, 9.17) is 0 Å². The Morgan fingerprint density at radius 3 is 3.00 bits per heavy atom. The summed E-state index contributed by atoms with van der Waals surface area (Å²) in [5.41, 5.74) is 0.584. The Labute approximate surface area is 121 Å². The van der Waals surface area contributed by atoms with E-state index >= 15 is 0 Å². The van der Waals surface area contributed by atoms with Crippen molar-refractivity contribution in [2.75, 3.05) is 6.54 Å². The molecule has 2 unspecified atom stereocenters. The molecule has 1 saturated heterocycles. The molecule has 2 atom stereocenters. The van der Waals surface area contributed by atoms with Crippen molar-refractivity contribution in [3.05, 3.63) is 34.1 Å². The van der Waals surface area contributed by atoms with Gasteiger partial charge in [0, 0.05) is 22.6 Å². The summed E-state index contributed by atoms with van der Waals surface area (Å²) in [7, 11) is 0. The zero-order valence-corrected chi connectivity index (χ0v) is 12.5. The van der Waals surface area contributed by atoms with Gasteiger partial charge in [-0.15, -0.1) is 0 Å². The SMILES string of the molecule is CC(NC1CCCCNC1=O)c1ccc(Br)cc1F. The fourth-order valence-corrected chi connectivity index (χ4v) is 2.68. The summed E-state index contributed by atoms with van der Waals surface area (Å²) in [5.74, 6) is -0.245. The van der Waals surface area contributed by atoms with Crippen LogP contribution in [0.25, 0.3) is 0 Å². The first kappa shape index (κ1) is 14.5. The van der Waals surface area contributed by atoms with Gasteiger partial charge < -0.3 is 5.32 Å². The summed E-state index contributed by atoms with van der Waals surface area (Å²) in [5, 5.41) is 6.09. The van der Waals surface area contributed by atoms with E-state index in [9.17, 15) is 9.18 Å². The molecule has 2 rings (SSSR count). The summed E-state index contributed by atoms with van der Waals surface area (Å²) < 4.78 is 14.6. The highest BCUT2D eigenvalue weighted by atomic mass is 79.9. The lowest BCUT2D eigenvalue weighted by Gasteiger charge is -2.21. The quantitative estimate of drug-likeness (QED) is 0.895. The van der Waals surface area contributed by atoms with Crippen LogP contribution < -0.4 is 10.6 Å². The molecule has 1 aliphatic heterocycles. The summed E-state index contributed by atoms with van der Waals surface area (Å²) in [6.07, 6.45) is 2.81. The van der Waals surface area contributed by atoms with Crippen LogP contribution in [-0.4, -0.2) is 18.5 Å². The van der Waals surface area contributed by atoms with Crippen LogP contribution in [-0.2, 0) is 4.79 Å². The van der Waals surface area contributed by atoms with Gasteiger partial charge in [0.15, 0.2) is 0 Å². The predicted molar refractivity (Wildman–Crippen MR) is 76.3 cm³/mol. The molecule has 1 aromatic carbocycles. The second-order valence-corrected chi connectivity index (χ2v) is 5.81. The molecule has 2 N–H and O–H groups in total. The summed E-state index contributed by atoms with van der Waals surface area (Å²) >= 11 is 3.24. The van der Waals surface area contributed by atoms with Crippen molar-refractivity contribution >= 4 is 21.8 Å². The van der Waals surface area contributed by atoms with Crippen LogP contribution in [0.2, 0.25) is 0 Å². The Bertz CT molecular complexity index is 467. The Morgan fingerprint density at radius 1 is 1.47 bits per heavy atom. The number of carbonyl (C=O) groups excluding carboxylic acids is 1. The number of rotatable bonds is 3. The van der Waals surface area contributed by atoms with Crippen LogP contribution in [0.1, 0.15) is 37.8 Å². The highest BCUT2D eigenvalue weighted by Gasteiger charge is 2.23. The minimum absolute atomic E-state index is 0.0156. The summed E-state index contributed by atoms with van der Waals surface area (Å²) in [6, 6.07) is 4.57. The predicted octanol–water partition coefficient (Wildman–Crippen LogP) is 2.91. The average Bonchev–Trinajstić information content (AvgIpc) is 2.55. The second kappa shape index (κ2) is 6.48. The van der Waals surface area contributed by atoms with E-state index in [0.29, 0.717) is 10.0 Å². The molecule has 5 heteroatoms. The average molecular weight is 329 g/mol. The van der Waals surface area contributed by atoms with E-state index in [1.165, 1.54) is 6.07 Å². The van der Waals surface area contributed by atoms with E-state index in [-0.39, 0.29) is 23.8 Å². The third kappa shape index (κ3) is 3.76. The van der Waals surface area contributed by atoms with Gasteiger partial charge in [0.1, 0.15) is 5.82 Å². The van der Waals surface area contributed by atoms with Crippen molar-refractivity contribution < 1.29 is 9.18 Å². The van der Waals surface area contributed by atoms with E-state index < -0.39 is 0 Å². The molecule has 1 fully saturated rings. The molecular weight excluding hydrogens is 311 g/mol. The smallest absolute Gasteiger partial charge is 0.237 e. The van der Waals surface area contributed by atoms with Crippen LogP contribution in [0, 0.1) is 5.82 Å². The molecule has 0 spiro atoms. The molecule has 0 aliphatic carbocycles. The minimum Gasteiger partial charge on any atom is -0.355 e. The first-order chi connectivity index (χ1) is 9.08. The first-order valence-electron chi connectivity index (χ1n) is 6.56. The second-order valence-electron chi connectivity index (χ2n) is 4.89. The molecule has 1 amide bonds. The number of hydrogen-bond acceptors (Lipinski definition) is 2. The molecule has 3 nitrogen and oxygen atoms in total. The maximum absolute atomic E-state index is 13.9. The fourth-order valence-electron chi connectivity index (χ4n) is 2.34. The van der Waals surface area contributed by atoms with Gasteiger partial charge in [0.25, 0.3) is 0 Å². The van der Waals surface area contributed by atoms with Gasteiger partial charge in [-0.25, -0.2) is 4.39 Å². The Balaban J connectivity index is 2.07. The molecule has 0 saturated carbocycles.